The van der Waals surface area contributed by atoms with E-state index in [-0.39, 0.29) is 30.3 Å². The fourth-order valence-corrected chi connectivity index (χ4v) is 2.72. The van der Waals surface area contributed by atoms with Gasteiger partial charge in [-0.15, -0.1) is 0 Å². The lowest BCUT2D eigenvalue weighted by molar-refractivity contribution is -0.146. The molecule has 1 fully saturated rings. The van der Waals surface area contributed by atoms with Gasteiger partial charge in [-0.2, -0.15) is 0 Å². The van der Waals surface area contributed by atoms with E-state index in [9.17, 15) is 9.59 Å². The van der Waals surface area contributed by atoms with Gasteiger partial charge >= 0.3 is 5.97 Å². The number of hydrogen-bond acceptors (Lipinski definition) is 6. The van der Waals surface area contributed by atoms with E-state index in [1.54, 1.807) is 23.1 Å². The van der Waals surface area contributed by atoms with Crippen LogP contribution in [-0.2, 0) is 14.3 Å². The molecule has 0 aromatic heterocycles. The number of carbonyl (C=O) groups excluding carboxylic acids is 2. The highest BCUT2D eigenvalue weighted by Gasteiger charge is 2.27. The van der Waals surface area contributed by atoms with E-state index in [0.29, 0.717) is 24.6 Å². The first-order chi connectivity index (χ1) is 11.5. The van der Waals surface area contributed by atoms with Crippen molar-refractivity contribution in [1.82, 2.24) is 4.90 Å². The van der Waals surface area contributed by atoms with Gasteiger partial charge in [-0.1, -0.05) is 6.07 Å². The molecule has 7 heteroatoms. The molecule has 24 heavy (non-hydrogen) atoms. The maximum atomic E-state index is 12.3. The van der Waals surface area contributed by atoms with Crippen molar-refractivity contribution >= 4 is 11.9 Å². The van der Waals surface area contributed by atoms with Gasteiger partial charge in [0.2, 0.25) is 0 Å². The molecule has 1 amide bonds. The van der Waals surface area contributed by atoms with Crippen LogP contribution in [-0.4, -0.2) is 62.9 Å². The molecule has 0 radical (unpaired) electrons. The van der Waals surface area contributed by atoms with Crippen LogP contribution in [0.4, 0.5) is 0 Å². The summed E-state index contributed by atoms with van der Waals surface area (Å²) in [6.45, 7) is 4.44. The highest BCUT2D eigenvalue weighted by Crippen LogP contribution is 2.28. The summed E-state index contributed by atoms with van der Waals surface area (Å²) in [5, 5.41) is 0. The molecule has 1 heterocycles. The Hall–Kier alpha value is -2.28. The maximum absolute atomic E-state index is 12.3. The van der Waals surface area contributed by atoms with Crippen LogP contribution in [0.5, 0.6) is 11.5 Å². The first-order valence-electron chi connectivity index (χ1n) is 7.77. The van der Waals surface area contributed by atoms with Crippen molar-refractivity contribution in [1.29, 1.82) is 0 Å². The van der Waals surface area contributed by atoms with Gasteiger partial charge in [-0.3, -0.25) is 4.79 Å². The summed E-state index contributed by atoms with van der Waals surface area (Å²) in [6, 6.07) is 4.97. The summed E-state index contributed by atoms with van der Waals surface area (Å²) in [7, 11) is 2.90. The molecule has 0 saturated carbocycles. The number of methoxy groups -OCH3 is 2. The van der Waals surface area contributed by atoms with Crippen LogP contribution >= 0.6 is 0 Å². The zero-order valence-electron chi connectivity index (χ0n) is 14.4. The molecule has 1 aliphatic heterocycles. The molecule has 0 bridgehead atoms. The van der Waals surface area contributed by atoms with Crippen LogP contribution in [0, 0.1) is 0 Å². The normalized spacial score (nSPS) is 20.4. The van der Waals surface area contributed by atoms with Crippen molar-refractivity contribution in [3.63, 3.8) is 0 Å². The Labute approximate surface area is 141 Å². The summed E-state index contributed by atoms with van der Waals surface area (Å²) >= 11 is 0. The zero-order valence-corrected chi connectivity index (χ0v) is 14.4. The van der Waals surface area contributed by atoms with Gasteiger partial charge in [0.05, 0.1) is 26.4 Å². The van der Waals surface area contributed by atoms with Gasteiger partial charge in [-0.25, -0.2) is 4.79 Å². The number of hydrogen-bond donors (Lipinski definition) is 0. The maximum Gasteiger partial charge on any atom is 0.346 e. The number of amides is 1. The van der Waals surface area contributed by atoms with Gasteiger partial charge in [0.1, 0.15) is 17.1 Å². The van der Waals surface area contributed by atoms with Crippen LogP contribution in [0.25, 0.3) is 0 Å². The van der Waals surface area contributed by atoms with E-state index in [4.69, 9.17) is 18.9 Å². The third kappa shape index (κ3) is 4.17. The largest absolute Gasteiger partial charge is 0.496 e. The molecule has 1 aromatic rings. The van der Waals surface area contributed by atoms with Crippen LogP contribution in [0.3, 0.4) is 0 Å². The van der Waals surface area contributed by atoms with E-state index >= 15 is 0 Å². The highest BCUT2D eigenvalue weighted by molar-refractivity contribution is 5.96. The second kappa shape index (κ2) is 8.01. The Bertz CT molecular complexity index is 570. The van der Waals surface area contributed by atoms with Gasteiger partial charge in [0.25, 0.3) is 5.91 Å². The number of benzene rings is 1. The number of esters is 1. The van der Waals surface area contributed by atoms with E-state index in [1.807, 2.05) is 13.8 Å². The minimum absolute atomic E-state index is 0.0392. The van der Waals surface area contributed by atoms with E-state index in [0.717, 1.165) is 0 Å². The van der Waals surface area contributed by atoms with Gasteiger partial charge in [-0.05, 0) is 26.0 Å². The molecule has 2 rings (SSSR count). The summed E-state index contributed by atoms with van der Waals surface area (Å²) in [5.74, 6) is -0.243. The number of ether oxygens (including phenoxy) is 4. The average molecular weight is 337 g/mol. The molecule has 1 saturated heterocycles. The lowest BCUT2D eigenvalue weighted by atomic mass is 10.2. The molecular weight excluding hydrogens is 314 g/mol. The van der Waals surface area contributed by atoms with Gasteiger partial charge < -0.3 is 23.8 Å². The van der Waals surface area contributed by atoms with Crippen molar-refractivity contribution in [2.45, 2.75) is 26.1 Å². The predicted molar refractivity (Wildman–Crippen MR) is 86.4 cm³/mol. The molecule has 1 aliphatic rings. The molecule has 2 atom stereocenters. The fraction of sp³-hybridized carbons (Fsp3) is 0.529. The van der Waals surface area contributed by atoms with E-state index < -0.39 is 5.97 Å². The highest BCUT2D eigenvalue weighted by atomic mass is 16.5. The molecule has 2 unspecified atom stereocenters. The number of morpholine rings is 1. The summed E-state index contributed by atoms with van der Waals surface area (Å²) in [4.78, 5) is 26.3. The number of nitrogens with zero attached hydrogens (tertiary/aromatic N) is 1. The smallest absolute Gasteiger partial charge is 0.346 e. The monoisotopic (exact) mass is 337 g/mol. The minimum atomic E-state index is -0.660. The van der Waals surface area contributed by atoms with Crippen molar-refractivity contribution in [3.8, 4) is 11.5 Å². The van der Waals surface area contributed by atoms with Crippen LogP contribution in [0.15, 0.2) is 18.2 Å². The van der Waals surface area contributed by atoms with Gasteiger partial charge in [0.15, 0.2) is 6.61 Å². The standard InChI is InChI=1S/C17H23NO6/c1-11-8-18(9-12(2)24-11)15(19)10-23-17(20)16-13(21-3)6-5-7-14(16)22-4/h5-7,11-12H,8-10H2,1-4H3. The fourth-order valence-electron chi connectivity index (χ4n) is 2.72. The molecular formula is C17H23NO6. The average Bonchev–Trinajstić information content (AvgIpc) is 2.57. The molecule has 0 spiro atoms. The topological polar surface area (TPSA) is 74.3 Å². The third-order valence-electron chi connectivity index (χ3n) is 3.73. The van der Waals surface area contributed by atoms with E-state index in [2.05, 4.69) is 0 Å². The van der Waals surface area contributed by atoms with Crippen LogP contribution in [0.2, 0.25) is 0 Å². The molecule has 1 aromatic carbocycles. The van der Waals surface area contributed by atoms with Crippen molar-refractivity contribution in [2.24, 2.45) is 0 Å². The Morgan fingerprint density at radius 2 is 1.67 bits per heavy atom. The Balaban J connectivity index is 2.02. The van der Waals surface area contributed by atoms with Crippen molar-refractivity contribution in [2.75, 3.05) is 33.9 Å². The predicted octanol–water partition coefficient (Wildman–Crippen LogP) is 1.50. The molecule has 0 N–H and O–H groups in total. The Morgan fingerprint density at radius 1 is 1.12 bits per heavy atom. The van der Waals surface area contributed by atoms with Gasteiger partial charge in [0, 0.05) is 13.1 Å². The molecule has 132 valence electrons. The summed E-state index contributed by atoms with van der Waals surface area (Å²) in [5.41, 5.74) is 0.166. The summed E-state index contributed by atoms with van der Waals surface area (Å²) in [6.07, 6.45) is -0.0783. The quantitative estimate of drug-likeness (QED) is 0.758. The van der Waals surface area contributed by atoms with Crippen molar-refractivity contribution in [3.05, 3.63) is 23.8 Å². The summed E-state index contributed by atoms with van der Waals surface area (Å²) < 4.78 is 21.1. The lowest BCUT2D eigenvalue weighted by Crippen LogP contribution is -2.49. The lowest BCUT2D eigenvalue weighted by Gasteiger charge is -2.35. The van der Waals surface area contributed by atoms with Crippen molar-refractivity contribution < 1.29 is 28.5 Å². The Kier molecular flexibility index (Phi) is 6.03. The zero-order chi connectivity index (χ0) is 17.7. The number of rotatable bonds is 5. The first-order valence-corrected chi connectivity index (χ1v) is 7.77. The molecule has 0 aliphatic carbocycles. The van der Waals surface area contributed by atoms with Crippen LogP contribution in [0.1, 0.15) is 24.2 Å². The SMILES string of the molecule is COc1cccc(OC)c1C(=O)OCC(=O)N1CC(C)OC(C)C1. The molecule has 7 nitrogen and oxygen atoms in total. The third-order valence-corrected chi connectivity index (χ3v) is 3.73. The van der Waals surface area contributed by atoms with E-state index in [1.165, 1.54) is 14.2 Å². The number of carbonyl (C=O) groups is 2. The first kappa shape index (κ1) is 18.1. The van der Waals surface area contributed by atoms with Crippen LogP contribution < -0.4 is 9.47 Å². The Morgan fingerprint density at radius 3 is 2.17 bits per heavy atom. The minimum Gasteiger partial charge on any atom is -0.496 e. The second-order valence-electron chi connectivity index (χ2n) is 5.67. The second-order valence-corrected chi connectivity index (χ2v) is 5.67.